The van der Waals surface area contributed by atoms with Crippen molar-refractivity contribution < 1.29 is 13.2 Å². The topological polar surface area (TPSA) is 81.6 Å². The van der Waals surface area contributed by atoms with Crippen molar-refractivity contribution in [3.8, 4) is 5.82 Å². The maximum atomic E-state index is 12.9. The molecular weight excluding hydrogens is 345 g/mol. The van der Waals surface area contributed by atoms with E-state index >= 15 is 0 Å². The highest BCUT2D eigenvalue weighted by atomic mass is 35.5. The van der Waals surface area contributed by atoms with Crippen LogP contribution < -0.4 is 11.1 Å². The van der Waals surface area contributed by atoms with Gasteiger partial charge in [-0.1, -0.05) is 11.6 Å². The number of nitrogens with two attached hydrogens (primary N) is 1. The quantitative estimate of drug-likeness (QED) is 0.750. The van der Waals surface area contributed by atoms with Crippen molar-refractivity contribution in [2.24, 2.45) is 0 Å². The Morgan fingerprint density at radius 1 is 1.21 bits per heavy atom. The van der Waals surface area contributed by atoms with Crippen LogP contribution >= 0.6 is 11.6 Å². The van der Waals surface area contributed by atoms with Gasteiger partial charge < -0.3 is 11.1 Å². The summed E-state index contributed by atoms with van der Waals surface area (Å²) in [7, 11) is 0. The van der Waals surface area contributed by atoms with E-state index < -0.39 is 11.7 Å². The van der Waals surface area contributed by atoms with Gasteiger partial charge in [-0.05, 0) is 18.2 Å². The van der Waals surface area contributed by atoms with Gasteiger partial charge in [0.15, 0.2) is 11.6 Å². The normalized spacial score (nSPS) is 11.5. The van der Waals surface area contributed by atoms with Gasteiger partial charge >= 0.3 is 6.18 Å². The van der Waals surface area contributed by atoms with Crippen molar-refractivity contribution in [2.75, 3.05) is 11.1 Å². The summed E-state index contributed by atoms with van der Waals surface area (Å²) in [6, 6.07) is 3.44. The van der Waals surface area contributed by atoms with Gasteiger partial charge in [-0.15, -0.1) is 0 Å². The second kappa shape index (κ2) is 6.00. The van der Waals surface area contributed by atoms with E-state index in [1.807, 2.05) is 0 Å². The molecule has 0 saturated heterocycles. The highest BCUT2D eigenvalue weighted by molar-refractivity contribution is 6.31. The summed E-state index contributed by atoms with van der Waals surface area (Å²) in [5.41, 5.74) is 5.36. The van der Waals surface area contributed by atoms with Crippen LogP contribution in [0.4, 0.5) is 30.4 Å². The van der Waals surface area contributed by atoms with E-state index in [1.54, 1.807) is 17.0 Å². The summed E-state index contributed by atoms with van der Waals surface area (Å²) in [6.45, 7) is 0. The first-order chi connectivity index (χ1) is 11.4. The van der Waals surface area contributed by atoms with E-state index in [0.717, 1.165) is 12.1 Å². The molecule has 0 atom stereocenters. The lowest BCUT2D eigenvalue weighted by Crippen LogP contribution is -2.08. The van der Waals surface area contributed by atoms with Gasteiger partial charge in [-0.25, -0.2) is 15.0 Å². The van der Waals surface area contributed by atoms with Crippen molar-refractivity contribution in [3.63, 3.8) is 0 Å². The van der Waals surface area contributed by atoms with Gasteiger partial charge in [0.2, 0.25) is 0 Å². The lowest BCUT2D eigenvalue weighted by Gasteiger charge is -2.14. The Balaban J connectivity index is 1.97. The minimum Gasteiger partial charge on any atom is -0.393 e. The van der Waals surface area contributed by atoms with Crippen molar-refractivity contribution in [3.05, 3.63) is 53.8 Å². The van der Waals surface area contributed by atoms with Crippen LogP contribution in [0.25, 0.3) is 5.82 Å². The number of nitrogens with zero attached hydrogens (tertiary/aromatic N) is 4. The smallest absolute Gasteiger partial charge is 0.393 e. The summed E-state index contributed by atoms with van der Waals surface area (Å²) in [5, 5.41) is 2.36. The zero-order valence-electron chi connectivity index (χ0n) is 11.9. The van der Waals surface area contributed by atoms with Crippen molar-refractivity contribution >= 4 is 28.8 Å². The van der Waals surface area contributed by atoms with Crippen LogP contribution in [0.2, 0.25) is 5.02 Å². The number of rotatable bonds is 3. The Labute approximate surface area is 139 Å². The SMILES string of the molecule is Nc1c(Nc2ccc(Cl)c(C(F)(F)F)c2)ncnc1-n1ccnc1. The highest BCUT2D eigenvalue weighted by Crippen LogP contribution is 2.37. The monoisotopic (exact) mass is 354 g/mol. The largest absolute Gasteiger partial charge is 0.417 e. The predicted octanol–water partition coefficient (Wildman–Crippen LogP) is 3.66. The number of nitrogen functional groups attached to an aromatic ring is 1. The van der Waals surface area contributed by atoms with Crippen LogP contribution in [-0.2, 0) is 6.18 Å². The van der Waals surface area contributed by atoms with Crippen LogP contribution in [0.3, 0.4) is 0 Å². The van der Waals surface area contributed by atoms with Crippen LogP contribution in [0.1, 0.15) is 5.56 Å². The molecule has 3 N–H and O–H groups in total. The molecule has 24 heavy (non-hydrogen) atoms. The average Bonchev–Trinajstić information content (AvgIpc) is 3.04. The van der Waals surface area contributed by atoms with Crippen molar-refractivity contribution in [1.82, 2.24) is 19.5 Å². The van der Waals surface area contributed by atoms with Crippen molar-refractivity contribution in [1.29, 1.82) is 0 Å². The van der Waals surface area contributed by atoms with E-state index in [1.165, 1.54) is 18.7 Å². The number of halogens is 4. The Morgan fingerprint density at radius 2 is 2.00 bits per heavy atom. The summed E-state index contributed by atoms with van der Waals surface area (Å²) in [6.07, 6.45) is 1.35. The third-order valence-electron chi connectivity index (χ3n) is 3.15. The fraction of sp³-hybridized carbons (Fsp3) is 0.0714. The minimum absolute atomic E-state index is 0.147. The molecule has 6 nitrogen and oxygen atoms in total. The zero-order valence-corrected chi connectivity index (χ0v) is 12.7. The van der Waals surface area contributed by atoms with Crippen molar-refractivity contribution in [2.45, 2.75) is 6.18 Å². The van der Waals surface area contributed by atoms with E-state index in [9.17, 15) is 13.2 Å². The second-order valence-electron chi connectivity index (χ2n) is 4.75. The number of hydrogen-bond donors (Lipinski definition) is 2. The Morgan fingerprint density at radius 3 is 2.67 bits per heavy atom. The fourth-order valence-corrected chi connectivity index (χ4v) is 2.26. The van der Waals surface area contributed by atoms with E-state index in [2.05, 4.69) is 20.3 Å². The predicted molar refractivity (Wildman–Crippen MR) is 83.3 cm³/mol. The van der Waals surface area contributed by atoms with Crippen LogP contribution in [0.5, 0.6) is 0 Å². The Bertz CT molecular complexity index is 863. The molecule has 0 bridgehead atoms. The van der Waals surface area contributed by atoms with E-state index in [4.69, 9.17) is 17.3 Å². The molecule has 2 aromatic heterocycles. The highest BCUT2D eigenvalue weighted by Gasteiger charge is 2.33. The van der Waals surface area contributed by atoms with Gasteiger partial charge in [0, 0.05) is 18.1 Å². The lowest BCUT2D eigenvalue weighted by atomic mass is 10.2. The van der Waals surface area contributed by atoms with Gasteiger partial charge in [0.05, 0.1) is 10.6 Å². The average molecular weight is 355 g/mol. The number of imidazole rings is 1. The number of hydrogen-bond acceptors (Lipinski definition) is 5. The molecule has 3 rings (SSSR count). The molecule has 0 aliphatic rings. The van der Waals surface area contributed by atoms with Gasteiger partial charge in [-0.3, -0.25) is 4.57 Å². The van der Waals surface area contributed by atoms with Gasteiger partial charge in [0.1, 0.15) is 18.3 Å². The standard InChI is InChI=1S/C14H10ClF3N6/c15-10-2-1-8(5-9(10)14(16,17)18)23-12-11(19)13(22-6-21-12)24-4-3-20-7-24/h1-7H,19H2,(H,21,22,23). The third-order valence-corrected chi connectivity index (χ3v) is 3.48. The van der Waals surface area contributed by atoms with Crippen LogP contribution in [0, 0.1) is 0 Å². The summed E-state index contributed by atoms with van der Waals surface area (Å²) in [4.78, 5) is 11.9. The number of nitrogens with one attached hydrogen (secondary N) is 1. The van der Waals surface area contributed by atoms with E-state index in [-0.39, 0.29) is 22.2 Å². The first kappa shape index (κ1) is 16.1. The third kappa shape index (κ3) is 3.11. The molecule has 0 aliphatic carbocycles. The summed E-state index contributed by atoms with van der Waals surface area (Å²) < 4.78 is 40.3. The van der Waals surface area contributed by atoms with Crippen LogP contribution in [0.15, 0.2) is 43.2 Å². The zero-order chi connectivity index (χ0) is 17.3. The molecule has 0 radical (unpaired) electrons. The minimum atomic E-state index is -4.56. The molecule has 124 valence electrons. The number of anilines is 3. The molecule has 0 aliphatic heterocycles. The van der Waals surface area contributed by atoms with Gasteiger partial charge in [-0.2, -0.15) is 13.2 Å². The number of aromatic nitrogens is 4. The molecule has 10 heteroatoms. The molecule has 2 heterocycles. The molecule has 0 saturated carbocycles. The second-order valence-corrected chi connectivity index (χ2v) is 5.15. The lowest BCUT2D eigenvalue weighted by molar-refractivity contribution is -0.137. The summed E-state index contributed by atoms with van der Waals surface area (Å²) in [5.74, 6) is 0.527. The van der Waals surface area contributed by atoms with E-state index in [0.29, 0.717) is 5.82 Å². The van der Waals surface area contributed by atoms with Crippen LogP contribution in [-0.4, -0.2) is 19.5 Å². The number of benzene rings is 1. The molecular formula is C14H10ClF3N6. The Kier molecular flexibility index (Phi) is 4.02. The molecule has 0 amide bonds. The number of alkyl halides is 3. The Hall–Kier alpha value is -2.81. The molecule has 3 aromatic rings. The first-order valence-electron chi connectivity index (χ1n) is 6.59. The summed E-state index contributed by atoms with van der Waals surface area (Å²) >= 11 is 5.60. The first-order valence-corrected chi connectivity index (χ1v) is 6.96. The fourth-order valence-electron chi connectivity index (χ4n) is 2.03. The van der Waals surface area contributed by atoms with Gasteiger partial charge in [0.25, 0.3) is 0 Å². The molecule has 1 aromatic carbocycles. The molecule has 0 unspecified atom stereocenters. The molecule has 0 fully saturated rings. The maximum Gasteiger partial charge on any atom is 0.417 e. The molecule has 0 spiro atoms. The maximum absolute atomic E-state index is 12.9.